The number of rotatable bonds is 11. The van der Waals surface area contributed by atoms with Crippen LogP contribution in [0.1, 0.15) is 27.2 Å². The first kappa shape index (κ1) is 34.8. The van der Waals surface area contributed by atoms with Crippen molar-refractivity contribution in [2.75, 3.05) is 23.8 Å². The van der Waals surface area contributed by atoms with Gasteiger partial charge in [-0.1, -0.05) is 47.5 Å². The third-order valence-electron chi connectivity index (χ3n) is 7.92. The molecule has 0 atom stereocenters. The van der Waals surface area contributed by atoms with E-state index in [1.54, 1.807) is 86.6 Å². The number of halogens is 2. The fraction of sp³-hybridized carbons (Fsp3) is 0.105. The van der Waals surface area contributed by atoms with Crippen LogP contribution in [0.2, 0.25) is 10.0 Å². The van der Waals surface area contributed by atoms with Gasteiger partial charge >= 0.3 is 0 Å². The molecule has 0 radical (unpaired) electrons. The number of para-hydroxylation sites is 1. The van der Waals surface area contributed by atoms with Gasteiger partial charge < -0.3 is 24.8 Å². The number of amides is 3. The van der Waals surface area contributed by atoms with Gasteiger partial charge in [-0.05, 0) is 67.1 Å². The van der Waals surface area contributed by atoms with Gasteiger partial charge in [-0.25, -0.2) is 9.97 Å². The number of nitrogens with zero attached hydrogens (tertiary/aromatic N) is 5. The summed E-state index contributed by atoms with van der Waals surface area (Å²) in [5.74, 6) is -0.575. The number of hydrogen-bond acceptors (Lipinski definition) is 7. The molecule has 0 aliphatic rings. The number of likely N-dealkylation sites (N-methyl/N-ethyl adjacent to an activating group) is 1. The molecule has 3 aromatic heterocycles. The van der Waals surface area contributed by atoms with E-state index in [9.17, 15) is 14.4 Å². The molecule has 6 rings (SSSR count). The van der Waals surface area contributed by atoms with E-state index in [2.05, 4.69) is 20.6 Å². The molecular formula is C38H31Cl2N7O4. The van der Waals surface area contributed by atoms with Gasteiger partial charge in [-0.15, -0.1) is 0 Å². The van der Waals surface area contributed by atoms with Crippen molar-refractivity contribution in [3.8, 4) is 11.4 Å². The van der Waals surface area contributed by atoms with E-state index in [4.69, 9.17) is 32.9 Å². The first-order chi connectivity index (χ1) is 24.7. The first-order valence-electron chi connectivity index (χ1n) is 15.7. The van der Waals surface area contributed by atoms with Crippen LogP contribution in [0.4, 0.5) is 11.4 Å². The monoisotopic (exact) mass is 719 g/mol. The lowest BCUT2D eigenvalue weighted by Crippen LogP contribution is -2.37. The minimum atomic E-state index is -0.460. The molecule has 13 heteroatoms. The predicted molar refractivity (Wildman–Crippen MR) is 198 cm³/mol. The maximum Gasteiger partial charge on any atom is 0.255 e. The van der Waals surface area contributed by atoms with Crippen LogP contribution >= 0.6 is 23.2 Å². The molecule has 51 heavy (non-hydrogen) atoms. The zero-order valence-electron chi connectivity index (χ0n) is 27.5. The number of anilines is 2. The molecular weight excluding hydrogens is 689 g/mol. The topological polar surface area (TPSA) is 131 Å². The number of carbonyl (C=O) groups is 3. The summed E-state index contributed by atoms with van der Waals surface area (Å²) in [6.07, 6.45) is 11.3. The molecule has 0 saturated heterocycles. The molecule has 256 valence electrons. The molecule has 6 aromatic rings. The molecule has 2 N–H and O–H groups in total. The molecule has 0 saturated carbocycles. The second kappa shape index (κ2) is 15.7. The van der Waals surface area contributed by atoms with E-state index < -0.39 is 11.8 Å². The zero-order valence-corrected chi connectivity index (χ0v) is 29.0. The summed E-state index contributed by atoms with van der Waals surface area (Å²) in [5, 5.41) is 6.90. The van der Waals surface area contributed by atoms with Gasteiger partial charge in [0.2, 0.25) is 11.8 Å². The lowest BCUT2D eigenvalue weighted by atomic mass is 10.1. The summed E-state index contributed by atoms with van der Waals surface area (Å²) >= 11 is 13.4. The standard InChI is InChI=1S/C38H31Cl2N7O4/c1-24-20-32(47-19-18-42-23-47)28-4-3-5-33(37(28)44-24)51-22-29-30(39)11-12-31(36(29)40)46(2)35(49)21-43-34(48)13-8-25-6-9-27(10-7-25)45-38(50)26-14-16-41-17-15-26/h3-20,23H,21-22H2,1-2H3,(H,43,48)(H,45,50)/b13-8+. The van der Waals surface area contributed by atoms with Gasteiger partial charge in [-0.2, -0.15) is 0 Å². The number of hydrogen-bond donors (Lipinski definition) is 2. The van der Waals surface area contributed by atoms with Crippen molar-refractivity contribution in [2.24, 2.45) is 0 Å². The molecule has 0 fully saturated rings. The van der Waals surface area contributed by atoms with Crippen LogP contribution in [-0.2, 0) is 16.2 Å². The Morgan fingerprint density at radius 2 is 1.75 bits per heavy atom. The number of ether oxygens (including phenoxy) is 1. The Labute approximate surface area is 303 Å². The van der Waals surface area contributed by atoms with Gasteiger partial charge in [0.1, 0.15) is 17.9 Å². The van der Waals surface area contributed by atoms with E-state index in [1.165, 1.54) is 11.0 Å². The number of imidazole rings is 1. The van der Waals surface area contributed by atoms with Gasteiger partial charge in [0.25, 0.3) is 5.91 Å². The number of aromatic nitrogens is 4. The fourth-order valence-electron chi connectivity index (χ4n) is 5.22. The largest absolute Gasteiger partial charge is 0.487 e. The highest BCUT2D eigenvalue weighted by Gasteiger charge is 2.20. The second-order valence-corrected chi connectivity index (χ2v) is 12.2. The van der Waals surface area contributed by atoms with E-state index in [-0.39, 0.29) is 24.1 Å². The molecule has 0 aliphatic carbocycles. The van der Waals surface area contributed by atoms with Crippen molar-refractivity contribution < 1.29 is 19.1 Å². The van der Waals surface area contributed by atoms with E-state index in [0.717, 1.165) is 22.3 Å². The van der Waals surface area contributed by atoms with E-state index in [1.807, 2.05) is 42.0 Å². The number of nitrogens with one attached hydrogen (secondary N) is 2. The van der Waals surface area contributed by atoms with Crippen LogP contribution in [-0.4, -0.2) is 50.8 Å². The van der Waals surface area contributed by atoms with Crippen molar-refractivity contribution in [2.45, 2.75) is 13.5 Å². The SMILES string of the molecule is Cc1cc(-n2ccnc2)c2cccc(OCc3c(Cl)ccc(N(C)C(=O)CNC(=O)/C=C/c4ccc(NC(=O)c5ccncc5)cc4)c3Cl)c2n1. The molecule has 11 nitrogen and oxygen atoms in total. The predicted octanol–water partition coefficient (Wildman–Crippen LogP) is 7.05. The van der Waals surface area contributed by atoms with Gasteiger partial charge in [0.05, 0.1) is 29.3 Å². The molecule has 0 spiro atoms. The molecule has 0 unspecified atom stereocenters. The molecule has 3 amide bonds. The summed E-state index contributed by atoms with van der Waals surface area (Å²) in [6, 6.07) is 21.1. The summed E-state index contributed by atoms with van der Waals surface area (Å²) in [6.45, 7) is 1.65. The summed E-state index contributed by atoms with van der Waals surface area (Å²) in [4.78, 5) is 52.1. The highest BCUT2D eigenvalue weighted by atomic mass is 35.5. The van der Waals surface area contributed by atoms with Crippen molar-refractivity contribution in [3.63, 3.8) is 0 Å². The minimum absolute atomic E-state index is 0.0162. The number of benzene rings is 3. The van der Waals surface area contributed by atoms with Crippen LogP contribution in [0.3, 0.4) is 0 Å². The molecule has 3 heterocycles. The van der Waals surface area contributed by atoms with Gasteiger partial charge in [-0.3, -0.25) is 19.4 Å². The van der Waals surface area contributed by atoms with Crippen LogP contribution in [0.15, 0.2) is 110 Å². The normalized spacial score (nSPS) is 11.1. The molecule has 0 aliphatic heterocycles. The van der Waals surface area contributed by atoms with Crippen molar-refractivity contribution in [1.29, 1.82) is 0 Å². The van der Waals surface area contributed by atoms with Crippen LogP contribution < -0.4 is 20.3 Å². The van der Waals surface area contributed by atoms with Crippen LogP contribution in [0.5, 0.6) is 5.75 Å². The Bertz CT molecular complexity index is 2240. The maximum absolute atomic E-state index is 13.1. The van der Waals surface area contributed by atoms with Crippen molar-refractivity contribution in [3.05, 3.63) is 142 Å². The second-order valence-electron chi connectivity index (χ2n) is 11.4. The third kappa shape index (κ3) is 8.23. The quantitative estimate of drug-likeness (QED) is 0.137. The van der Waals surface area contributed by atoms with Crippen LogP contribution in [0.25, 0.3) is 22.7 Å². The summed E-state index contributed by atoms with van der Waals surface area (Å²) in [7, 11) is 1.56. The Kier molecular flexibility index (Phi) is 10.7. The summed E-state index contributed by atoms with van der Waals surface area (Å²) in [5.41, 5.74) is 5.11. The minimum Gasteiger partial charge on any atom is -0.487 e. The fourth-order valence-corrected chi connectivity index (χ4v) is 5.82. The van der Waals surface area contributed by atoms with Crippen LogP contribution in [0, 0.1) is 6.92 Å². The average Bonchev–Trinajstić information content (AvgIpc) is 3.68. The van der Waals surface area contributed by atoms with E-state index in [0.29, 0.717) is 38.8 Å². The smallest absolute Gasteiger partial charge is 0.255 e. The Morgan fingerprint density at radius 1 is 0.961 bits per heavy atom. The number of pyridine rings is 2. The highest BCUT2D eigenvalue weighted by molar-refractivity contribution is 6.38. The lowest BCUT2D eigenvalue weighted by molar-refractivity contribution is -0.122. The summed E-state index contributed by atoms with van der Waals surface area (Å²) < 4.78 is 8.14. The Hall–Kier alpha value is -6.04. The lowest BCUT2D eigenvalue weighted by Gasteiger charge is -2.21. The number of carbonyl (C=O) groups excluding carboxylic acids is 3. The van der Waals surface area contributed by atoms with Crippen molar-refractivity contribution >= 4 is 69.3 Å². The van der Waals surface area contributed by atoms with Gasteiger partial charge in [0, 0.05) is 70.8 Å². The number of aryl methyl sites for hydroxylation is 1. The maximum atomic E-state index is 13.1. The van der Waals surface area contributed by atoms with E-state index >= 15 is 0 Å². The Balaban J connectivity index is 1.06. The zero-order chi connectivity index (χ0) is 35.9. The van der Waals surface area contributed by atoms with Crippen molar-refractivity contribution in [1.82, 2.24) is 24.8 Å². The molecule has 0 bridgehead atoms. The highest BCUT2D eigenvalue weighted by Crippen LogP contribution is 2.36. The molecule has 3 aromatic carbocycles. The Morgan fingerprint density at radius 3 is 2.49 bits per heavy atom. The first-order valence-corrected chi connectivity index (χ1v) is 16.5. The van der Waals surface area contributed by atoms with Gasteiger partial charge in [0.15, 0.2) is 0 Å². The average molecular weight is 721 g/mol. The number of fused-ring (bicyclic) bond motifs is 1. The third-order valence-corrected chi connectivity index (χ3v) is 8.69.